The van der Waals surface area contributed by atoms with Gasteiger partial charge in [0.1, 0.15) is 5.75 Å². The fraction of sp³-hybridized carbons (Fsp3) is 0.591. The zero-order valence-corrected chi connectivity index (χ0v) is 20.1. The van der Waals surface area contributed by atoms with Gasteiger partial charge in [-0.2, -0.15) is 4.99 Å². The lowest BCUT2D eigenvalue weighted by Crippen LogP contribution is -2.43. The van der Waals surface area contributed by atoms with Gasteiger partial charge < -0.3 is 18.9 Å². The smallest absolute Gasteiger partial charge is 0.258 e. The van der Waals surface area contributed by atoms with Crippen molar-refractivity contribution in [1.29, 1.82) is 0 Å². The molecule has 2 aromatic rings. The van der Waals surface area contributed by atoms with Gasteiger partial charge in [0, 0.05) is 26.2 Å². The number of hydrogen-bond acceptors (Lipinski definition) is 6. The number of rotatable bonds is 9. The third-order valence-corrected chi connectivity index (χ3v) is 7.22. The van der Waals surface area contributed by atoms with Crippen LogP contribution in [0.1, 0.15) is 33.1 Å². The summed E-state index contributed by atoms with van der Waals surface area (Å²) in [7, 11) is 1.65. The molecule has 2 amide bonds. The summed E-state index contributed by atoms with van der Waals surface area (Å²) in [6.45, 7) is 6.60. The Morgan fingerprint density at radius 2 is 2.13 bits per heavy atom. The normalized spacial score (nSPS) is 17.3. The van der Waals surface area contributed by atoms with Crippen LogP contribution >= 0.6 is 23.1 Å². The number of piperidine rings is 1. The fourth-order valence-corrected chi connectivity index (χ4v) is 5.49. The van der Waals surface area contributed by atoms with E-state index in [0.717, 1.165) is 35.4 Å². The summed E-state index contributed by atoms with van der Waals surface area (Å²) in [4.78, 5) is 31.9. The Hall–Kier alpha value is -1.84. The number of likely N-dealkylation sites (tertiary alicyclic amines) is 1. The standard InChI is InChI=1S/C22H31N3O4S2/c1-4-29-17-8-9-18-19(13-17)31-22(25(18)11-12-28-3)23-20(26)14-30-15-21(27)24-10-6-5-7-16(24)2/h8-9,13,16H,4-7,10-12,14-15H2,1-3H3. The van der Waals surface area contributed by atoms with E-state index in [-0.39, 0.29) is 17.6 Å². The Morgan fingerprint density at radius 1 is 1.29 bits per heavy atom. The molecule has 170 valence electrons. The van der Waals surface area contributed by atoms with Crippen LogP contribution in [0, 0.1) is 0 Å². The highest BCUT2D eigenvalue weighted by molar-refractivity contribution is 8.00. The van der Waals surface area contributed by atoms with E-state index in [1.165, 1.54) is 29.5 Å². The average Bonchev–Trinajstić information content (AvgIpc) is 3.08. The number of methoxy groups -OCH3 is 1. The number of carbonyl (C=O) groups excluding carboxylic acids is 2. The van der Waals surface area contributed by atoms with Crippen LogP contribution in [0.4, 0.5) is 0 Å². The first kappa shape index (κ1) is 23.8. The first-order chi connectivity index (χ1) is 15.0. The predicted molar refractivity (Wildman–Crippen MR) is 126 cm³/mol. The number of aromatic nitrogens is 1. The van der Waals surface area contributed by atoms with E-state index in [0.29, 0.717) is 36.4 Å². The molecule has 7 nitrogen and oxygen atoms in total. The second kappa shape index (κ2) is 11.7. The molecule has 9 heteroatoms. The number of ether oxygens (including phenoxy) is 2. The highest BCUT2D eigenvalue weighted by Gasteiger charge is 2.23. The van der Waals surface area contributed by atoms with Crippen LogP contribution in [-0.2, 0) is 20.9 Å². The molecule has 0 aliphatic carbocycles. The van der Waals surface area contributed by atoms with E-state index in [1.807, 2.05) is 34.6 Å². The minimum Gasteiger partial charge on any atom is -0.494 e. The first-order valence-electron chi connectivity index (χ1n) is 10.7. The number of benzene rings is 1. The Bertz CT molecular complexity index is 969. The van der Waals surface area contributed by atoms with E-state index < -0.39 is 0 Å². The van der Waals surface area contributed by atoms with Crippen molar-refractivity contribution in [2.45, 2.75) is 45.7 Å². The third-order valence-electron chi connectivity index (χ3n) is 5.28. The lowest BCUT2D eigenvalue weighted by atomic mass is 10.0. The van der Waals surface area contributed by atoms with Crippen LogP contribution in [0.25, 0.3) is 10.2 Å². The number of nitrogens with zero attached hydrogens (tertiary/aromatic N) is 3. The van der Waals surface area contributed by atoms with Crippen molar-refractivity contribution in [1.82, 2.24) is 9.47 Å². The van der Waals surface area contributed by atoms with Gasteiger partial charge in [0.05, 0.1) is 34.9 Å². The maximum absolute atomic E-state index is 12.5. The number of carbonyl (C=O) groups is 2. The Kier molecular flexibility index (Phi) is 8.98. The molecule has 1 unspecified atom stereocenters. The van der Waals surface area contributed by atoms with Gasteiger partial charge in [0.25, 0.3) is 5.91 Å². The third kappa shape index (κ3) is 6.33. The molecule has 31 heavy (non-hydrogen) atoms. The van der Waals surface area contributed by atoms with E-state index in [2.05, 4.69) is 11.9 Å². The highest BCUT2D eigenvalue weighted by Crippen LogP contribution is 2.23. The van der Waals surface area contributed by atoms with Crippen molar-refractivity contribution in [3.8, 4) is 5.75 Å². The molecule has 0 saturated carbocycles. The van der Waals surface area contributed by atoms with Crippen LogP contribution in [0.2, 0.25) is 0 Å². The average molecular weight is 466 g/mol. The molecule has 0 bridgehead atoms. The molecule has 3 rings (SSSR count). The topological polar surface area (TPSA) is 73.1 Å². The van der Waals surface area contributed by atoms with Crippen molar-refractivity contribution in [2.24, 2.45) is 4.99 Å². The summed E-state index contributed by atoms with van der Waals surface area (Å²) in [6.07, 6.45) is 3.30. The maximum atomic E-state index is 12.5. The summed E-state index contributed by atoms with van der Waals surface area (Å²) in [5.41, 5.74) is 0.999. The van der Waals surface area contributed by atoms with Crippen LogP contribution in [0.5, 0.6) is 5.75 Å². The number of thiazole rings is 1. The molecule has 0 N–H and O–H groups in total. The number of fused-ring (bicyclic) bond motifs is 1. The van der Waals surface area contributed by atoms with Crippen molar-refractivity contribution in [3.05, 3.63) is 23.0 Å². The van der Waals surface area contributed by atoms with Crippen molar-refractivity contribution in [2.75, 3.05) is 38.4 Å². The van der Waals surface area contributed by atoms with Gasteiger partial charge in [-0.15, -0.1) is 11.8 Å². The summed E-state index contributed by atoms with van der Waals surface area (Å²) in [6, 6.07) is 6.19. The van der Waals surface area contributed by atoms with Crippen molar-refractivity contribution in [3.63, 3.8) is 0 Å². The predicted octanol–water partition coefficient (Wildman–Crippen LogP) is 3.31. The zero-order chi connectivity index (χ0) is 22.2. The lowest BCUT2D eigenvalue weighted by Gasteiger charge is -2.33. The molecule has 1 aromatic heterocycles. The van der Waals surface area contributed by atoms with Gasteiger partial charge in [-0.25, -0.2) is 0 Å². The van der Waals surface area contributed by atoms with Gasteiger partial charge in [-0.3, -0.25) is 9.59 Å². The molecule has 2 heterocycles. The molecular formula is C22H31N3O4S2. The Balaban J connectivity index is 1.69. The second-order valence-corrected chi connectivity index (χ2v) is 9.52. The lowest BCUT2D eigenvalue weighted by molar-refractivity contribution is -0.131. The fourth-order valence-electron chi connectivity index (χ4n) is 3.71. The van der Waals surface area contributed by atoms with Gasteiger partial charge >= 0.3 is 0 Å². The van der Waals surface area contributed by atoms with Gasteiger partial charge in [-0.1, -0.05) is 11.3 Å². The largest absolute Gasteiger partial charge is 0.494 e. The Labute approximate surface area is 191 Å². The number of amides is 2. The number of hydrogen-bond donors (Lipinski definition) is 0. The van der Waals surface area contributed by atoms with Crippen molar-refractivity contribution < 1.29 is 19.1 Å². The minimum absolute atomic E-state index is 0.116. The van der Waals surface area contributed by atoms with Crippen LogP contribution < -0.4 is 9.54 Å². The monoisotopic (exact) mass is 465 g/mol. The zero-order valence-electron chi connectivity index (χ0n) is 18.5. The van der Waals surface area contributed by atoms with E-state index in [4.69, 9.17) is 9.47 Å². The van der Waals surface area contributed by atoms with Crippen molar-refractivity contribution >= 4 is 45.1 Å². The minimum atomic E-state index is -0.229. The SMILES string of the molecule is CCOc1ccc2c(c1)sc(=NC(=O)CSCC(=O)N1CCCCC1C)n2CCOC. The molecule has 0 radical (unpaired) electrons. The first-order valence-corrected chi connectivity index (χ1v) is 12.7. The molecule has 0 spiro atoms. The molecule has 1 aromatic carbocycles. The molecule has 1 aliphatic heterocycles. The summed E-state index contributed by atoms with van der Waals surface area (Å²) in [5, 5.41) is 0. The van der Waals surface area contributed by atoms with E-state index in [1.54, 1.807) is 7.11 Å². The van der Waals surface area contributed by atoms with Crippen LogP contribution in [0.3, 0.4) is 0 Å². The molecular weight excluding hydrogens is 434 g/mol. The summed E-state index contributed by atoms with van der Waals surface area (Å²) < 4.78 is 13.8. The second-order valence-electron chi connectivity index (χ2n) is 7.52. The molecule has 1 saturated heterocycles. The molecule has 1 fully saturated rings. The molecule has 1 atom stereocenters. The molecule has 1 aliphatic rings. The maximum Gasteiger partial charge on any atom is 0.258 e. The summed E-state index contributed by atoms with van der Waals surface area (Å²) >= 11 is 2.80. The van der Waals surface area contributed by atoms with Crippen LogP contribution in [0.15, 0.2) is 23.2 Å². The summed E-state index contributed by atoms with van der Waals surface area (Å²) in [5.74, 6) is 1.20. The van der Waals surface area contributed by atoms with Gasteiger partial charge in [-0.05, 0) is 51.3 Å². The van der Waals surface area contributed by atoms with Gasteiger partial charge in [0.15, 0.2) is 4.80 Å². The quantitative estimate of drug-likeness (QED) is 0.568. The van der Waals surface area contributed by atoms with Crippen LogP contribution in [-0.4, -0.2) is 65.7 Å². The number of thioether (sulfide) groups is 1. The van der Waals surface area contributed by atoms with Gasteiger partial charge in [0.2, 0.25) is 5.91 Å². The van der Waals surface area contributed by atoms with E-state index in [9.17, 15) is 9.59 Å². The highest BCUT2D eigenvalue weighted by atomic mass is 32.2. The van der Waals surface area contributed by atoms with E-state index >= 15 is 0 Å². The Morgan fingerprint density at radius 3 is 2.87 bits per heavy atom.